The van der Waals surface area contributed by atoms with Crippen LogP contribution in [-0.4, -0.2) is 15.2 Å². The summed E-state index contributed by atoms with van der Waals surface area (Å²) in [6.45, 7) is 14.1. The van der Waals surface area contributed by atoms with Crippen LogP contribution in [0.15, 0.2) is 72.3 Å². The quantitative estimate of drug-likeness (QED) is 0.405. The highest BCUT2D eigenvalue weighted by Gasteiger charge is 2.25. The molecule has 5 heteroatoms. The number of rotatable bonds is 9. The lowest BCUT2D eigenvalue weighted by Crippen LogP contribution is -2.18. The van der Waals surface area contributed by atoms with Gasteiger partial charge >= 0.3 is 6.01 Å². The molecule has 2 atom stereocenters. The summed E-state index contributed by atoms with van der Waals surface area (Å²) in [5.74, 6) is 0.535. The van der Waals surface area contributed by atoms with Crippen molar-refractivity contribution >= 4 is 17.8 Å². The molecule has 2 unspecified atom stereocenters. The van der Waals surface area contributed by atoms with E-state index in [9.17, 15) is 5.11 Å². The number of hydrogen-bond acceptors (Lipinski definition) is 5. The van der Waals surface area contributed by atoms with Crippen LogP contribution < -0.4 is 5.32 Å². The van der Waals surface area contributed by atoms with E-state index in [-0.39, 0.29) is 11.3 Å². The van der Waals surface area contributed by atoms with Crippen molar-refractivity contribution in [2.24, 2.45) is 11.3 Å². The first-order valence-electron chi connectivity index (χ1n) is 10.1. The molecule has 0 amide bonds. The van der Waals surface area contributed by atoms with Gasteiger partial charge in [-0.25, -0.2) is 0 Å². The van der Waals surface area contributed by atoms with Crippen LogP contribution in [0.25, 0.3) is 17.5 Å². The predicted octanol–water partition coefficient (Wildman–Crippen LogP) is 6.40. The van der Waals surface area contributed by atoms with Crippen LogP contribution in [0.4, 0.5) is 11.7 Å². The number of nitrogens with one attached hydrogen (secondary N) is 1. The Kier molecular flexibility index (Phi) is 6.53. The molecule has 2 N–H and O–H groups in total. The number of anilines is 2. The molecule has 156 valence electrons. The largest absolute Gasteiger partial charge is 0.388 e. The molecule has 0 spiro atoms. The average molecular weight is 404 g/mol. The number of benzene rings is 2. The van der Waals surface area contributed by atoms with Crippen molar-refractivity contribution in [3.63, 3.8) is 0 Å². The molecule has 0 fully saturated rings. The topological polar surface area (TPSA) is 71.2 Å². The first-order chi connectivity index (χ1) is 14.3. The molecule has 2 aromatic carbocycles. The van der Waals surface area contributed by atoms with Crippen LogP contribution in [0.3, 0.4) is 0 Å². The maximum Gasteiger partial charge on any atom is 0.326 e. The summed E-state index contributed by atoms with van der Waals surface area (Å²) in [4.78, 5) is 4.42. The van der Waals surface area contributed by atoms with E-state index < -0.39 is 6.10 Å². The number of para-hydroxylation sites is 1. The van der Waals surface area contributed by atoms with Gasteiger partial charge in [-0.05, 0) is 47.1 Å². The molecule has 0 radical (unpaired) electrons. The minimum atomic E-state index is -0.605. The van der Waals surface area contributed by atoms with Crippen LogP contribution in [0.5, 0.6) is 0 Å². The van der Waals surface area contributed by atoms with Gasteiger partial charge in [-0.2, -0.15) is 4.98 Å². The van der Waals surface area contributed by atoms with Gasteiger partial charge in [0.25, 0.3) is 0 Å². The number of hydrogen-bond donors (Lipinski definition) is 2. The molecule has 0 bridgehead atoms. The first kappa shape index (κ1) is 21.5. The van der Waals surface area contributed by atoms with Crippen molar-refractivity contribution in [1.82, 2.24) is 10.1 Å². The lowest BCUT2D eigenvalue weighted by molar-refractivity contribution is 0.0961. The van der Waals surface area contributed by atoms with Gasteiger partial charge in [0.15, 0.2) is 0 Å². The fourth-order valence-electron chi connectivity index (χ4n) is 3.53. The predicted molar refractivity (Wildman–Crippen MR) is 122 cm³/mol. The maximum atomic E-state index is 10.9. The van der Waals surface area contributed by atoms with Gasteiger partial charge in [-0.3, -0.25) is 0 Å². The standard InChI is InChI=1S/C25H29N3O2/c1-6-18-15-19(13-14-21(18)22(29)17(3)16-25(4,5)7-2)23-27-24(30-28-23)26-20-11-9-8-10-12-20/h6-15,17,22,29H,1-2,16H2,3-5H3,(H,26,27,28). The van der Waals surface area contributed by atoms with E-state index in [1.807, 2.05) is 54.6 Å². The van der Waals surface area contributed by atoms with Gasteiger partial charge in [0.2, 0.25) is 5.82 Å². The van der Waals surface area contributed by atoms with Gasteiger partial charge in [0.05, 0.1) is 6.10 Å². The van der Waals surface area contributed by atoms with Crippen LogP contribution >= 0.6 is 0 Å². The molecule has 3 aromatic rings. The second-order valence-corrected chi connectivity index (χ2v) is 8.28. The summed E-state index contributed by atoms with van der Waals surface area (Å²) in [7, 11) is 0. The van der Waals surface area contributed by atoms with E-state index in [1.54, 1.807) is 6.08 Å². The Balaban J connectivity index is 1.80. The molecule has 0 saturated heterocycles. The zero-order chi connectivity index (χ0) is 21.7. The monoisotopic (exact) mass is 403 g/mol. The highest BCUT2D eigenvalue weighted by atomic mass is 16.5. The van der Waals surface area contributed by atoms with E-state index in [1.165, 1.54) is 0 Å². The lowest BCUT2D eigenvalue weighted by Gasteiger charge is -2.28. The van der Waals surface area contributed by atoms with Crippen molar-refractivity contribution < 1.29 is 9.63 Å². The molecule has 1 aromatic heterocycles. The molecule has 0 saturated carbocycles. The SMILES string of the molecule is C=Cc1cc(-c2noc(Nc3ccccc3)n2)ccc1C(O)C(C)CC(C)(C)C=C. The lowest BCUT2D eigenvalue weighted by atomic mass is 9.79. The van der Waals surface area contributed by atoms with Crippen LogP contribution in [-0.2, 0) is 0 Å². The number of aliphatic hydroxyl groups is 1. The van der Waals surface area contributed by atoms with Crippen molar-refractivity contribution in [3.05, 3.63) is 78.9 Å². The van der Waals surface area contributed by atoms with Gasteiger partial charge in [-0.15, -0.1) is 6.58 Å². The highest BCUT2D eigenvalue weighted by Crippen LogP contribution is 2.36. The van der Waals surface area contributed by atoms with E-state index in [0.29, 0.717) is 11.8 Å². The van der Waals surface area contributed by atoms with E-state index in [2.05, 4.69) is 49.4 Å². The molecule has 5 nitrogen and oxygen atoms in total. The number of nitrogens with zero attached hydrogens (tertiary/aromatic N) is 2. The first-order valence-corrected chi connectivity index (χ1v) is 10.1. The molecule has 0 aliphatic heterocycles. The Labute approximate surface area is 178 Å². The molecular formula is C25H29N3O2. The van der Waals surface area contributed by atoms with Crippen LogP contribution in [0, 0.1) is 11.3 Å². The van der Waals surface area contributed by atoms with Crippen molar-refractivity contribution in [3.8, 4) is 11.4 Å². The second kappa shape index (κ2) is 9.09. The Bertz CT molecular complexity index is 1010. The Morgan fingerprint density at radius 3 is 2.57 bits per heavy atom. The molecule has 30 heavy (non-hydrogen) atoms. The zero-order valence-corrected chi connectivity index (χ0v) is 17.8. The van der Waals surface area contributed by atoms with Gasteiger partial charge < -0.3 is 14.9 Å². The Morgan fingerprint density at radius 1 is 1.17 bits per heavy atom. The summed E-state index contributed by atoms with van der Waals surface area (Å²) in [5.41, 5.74) is 3.32. The Morgan fingerprint density at radius 2 is 1.90 bits per heavy atom. The molecule has 0 aliphatic carbocycles. The molecular weight excluding hydrogens is 374 g/mol. The van der Waals surface area contributed by atoms with E-state index >= 15 is 0 Å². The summed E-state index contributed by atoms with van der Waals surface area (Å²) in [6.07, 6.45) is 3.91. The molecule has 0 aliphatic rings. The maximum absolute atomic E-state index is 10.9. The normalized spacial score (nSPS) is 13.5. The minimum absolute atomic E-state index is 0.0402. The van der Waals surface area contributed by atoms with Crippen LogP contribution in [0.1, 0.15) is 44.4 Å². The molecule has 3 rings (SSSR count). The van der Waals surface area contributed by atoms with Crippen molar-refractivity contribution in [2.75, 3.05) is 5.32 Å². The minimum Gasteiger partial charge on any atom is -0.388 e. The average Bonchev–Trinajstić information content (AvgIpc) is 3.21. The third-order valence-electron chi connectivity index (χ3n) is 5.27. The summed E-state index contributed by atoms with van der Waals surface area (Å²) < 4.78 is 5.32. The highest BCUT2D eigenvalue weighted by molar-refractivity contribution is 5.65. The summed E-state index contributed by atoms with van der Waals surface area (Å²) in [5, 5.41) is 18.1. The number of aromatic nitrogens is 2. The van der Waals surface area contributed by atoms with Crippen molar-refractivity contribution in [1.29, 1.82) is 0 Å². The fourth-order valence-corrected chi connectivity index (χ4v) is 3.53. The van der Waals surface area contributed by atoms with Gasteiger partial charge in [0.1, 0.15) is 0 Å². The molecule has 1 heterocycles. The summed E-state index contributed by atoms with van der Waals surface area (Å²) >= 11 is 0. The smallest absolute Gasteiger partial charge is 0.326 e. The Hall–Kier alpha value is -3.18. The zero-order valence-electron chi connectivity index (χ0n) is 17.8. The third-order valence-corrected chi connectivity index (χ3v) is 5.27. The van der Waals surface area contributed by atoms with E-state index in [0.717, 1.165) is 28.8 Å². The second-order valence-electron chi connectivity index (χ2n) is 8.28. The van der Waals surface area contributed by atoms with Gasteiger partial charge in [-0.1, -0.05) is 75.0 Å². The van der Waals surface area contributed by atoms with Crippen molar-refractivity contribution in [2.45, 2.75) is 33.3 Å². The number of aliphatic hydroxyl groups excluding tert-OH is 1. The van der Waals surface area contributed by atoms with Gasteiger partial charge in [0, 0.05) is 11.3 Å². The fraction of sp³-hybridized carbons (Fsp3) is 0.280. The third kappa shape index (κ3) is 5.05. The van der Waals surface area contributed by atoms with Crippen LogP contribution in [0.2, 0.25) is 0 Å². The summed E-state index contributed by atoms with van der Waals surface area (Å²) in [6, 6.07) is 15.7. The van der Waals surface area contributed by atoms with E-state index in [4.69, 9.17) is 4.52 Å². The number of allylic oxidation sites excluding steroid dienone is 1.